The van der Waals surface area contributed by atoms with Gasteiger partial charge < -0.3 is 16.0 Å². The molecule has 1 aromatic heterocycles. The highest BCUT2D eigenvalue weighted by molar-refractivity contribution is 14.1. The van der Waals surface area contributed by atoms with E-state index >= 15 is 0 Å². The number of amides is 1. The average Bonchev–Trinajstić information content (AvgIpc) is 2.97. The van der Waals surface area contributed by atoms with E-state index in [0.29, 0.717) is 18.2 Å². The summed E-state index contributed by atoms with van der Waals surface area (Å²) in [5.74, 6) is 0.535. The van der Waals surface area contributed by atoms with Crippen LogP contribution in [0.15, 0.2) is 12.3 Å². The van der Waals surface area contributed by atoms with Gasteiger partial charge in [-0.05, 0) is 47.4 Å². The molecule has 1 aliphatic carbocycles. The van der Waals surface area contributed by atoms with Gasteiger partial charge in [0.1, 0.15) is 5.69 Å². The van der Waals surface area contributed by atoms with Crippen LogP contribution < -0.4 is 11.1 Å². The van der Waals surface area contributed by atoms with Crippen molar-refractivity contribution in [2.24, 2.45) is 11.7 Å². The van der Waals surface area contributed by atoms with E-state index in [2.05, 4.69) is 32.9 Å². The Bertz CT molecular complexity index is 365. The fourth-order valence-corrected chi connectivity index (χ4v) is 2.08. The molecule has 16 heavy (non-hydrogen) atoms. The molecule has 1 heterocycles. The Kier molecular flexibility index (Phi) is 5.07. The number of carbonyl (C=O) groups is 1. The summed E-state index contributed by atoms with van der Waals surface area (Å²) < 4.78 is 1.04. The first-order valence-corrected chi connectivity index (χ1v) is 6.13. The number of H-pyrrole nitrogens is 1. The fourth-order valence-electron chi connectivity index (χ4n) is 1.61. The predicted octanol–water partition coefficient (Wildman–Crippen LogP) is 1.51. The molecule has 1 aromatic rings. The molecule has 6 heteroatoms. The maximum absolute atomic E-state index is 11.8. The molecule has 90 valence electrons. The number of halogens is 2. The molecule has 0 aliphatic heterocycles. The Morgan fingerprint density at radius 2 is 2.38 bits per heavy atom. The summed E-state index contributed by atoms with van der Waals surface area (Å²) in [6.07, 6.45) is 4.18. The molecular weight excluding hydrogens is 340 g/mol. The number of hydrogen-bond acceptors (Lipinski definition) is 2. The van der Waals surface area contributed by atoms with Gasteiger partial charge in [-0.25, -0.2) is 0 Å². The first-order chi connectivity index (χ1) is 7.20. The second-order valence-corrected chi connectivity index (χ2v) is 5.13. The van der Waals surface area contributed by atoms with E-state index in [1.165, 1.54) is 12.8 Å². The summed E-state index contributed by atoms with van der Waals surface area (Å²) in [5, 5.41) is 2.96. The number of nitrogens with one attached hydrogen (secondary N) is 2. The predicted molar refractivity (Wildman–Crippen MR) is 73.8 cm³/mol. The lowest BCUT2D eigenvalue weighted by Gasteiger charge is -2.15. The van der Waals surface area contributed by atoms with Crippen molar-refractivity contribution in [1.82, 2.24) is 10.3 Å². The van der Waals surface area contributed by atoms with Gasteiger partial charge in [0.05, 0.1) is 0 Å². The standard InChI is InChI=1S/C10H14IN3O.ClH/c11-7-3-8(13-5-7)10(15)14-9(4-12)6-1-2-6;/h3,5-6,9,13H,1-2,4,12H2,(H,14,15);1H. The van der Waals surface area contributed by atoms with Crippen LogP contribution in [0.25, 0.3) is 0 Å². The van der Waals surface area contributed by atoms with Gasteiger partial charge in [0.25, 0.3) is 5.91 Å². The summed E-state index contributed by atoms with van der Waals surface area (Å²) in [7, 11) is 0. The topological polar surface area (TPSA) is 70.9 Å². The van der Waals surface area contributed by atoms with Crippen LogP contribution in [0, 0.1) is 9.49 Å². The Morgan fingerprint density at radius 3 is 2.81 bits per heavy atom. The fraction of sp³-hybridized carbons (Fsp3) is 0.500. The molecular formula is C10H15ClIN3O. The Labute approximate surface area is 114 Å². The number of aromatic nitrogens is 1. The highest BCUT2D eigenvalue weighted by Crippen LogP contribution is 2.32. The maximum Gasteiger partial charge on any atom is 0.267 e. The molecule has 1 amide bonds. The van der Waals surface area contributed by atoms with Crippen LogP contribution >= 0.6 is 35.0 Å². The third kappa shape index (κ3) is 3.36. The van der Waals surface area contributed by atoms with E-state index in [9.17, 15) is 4.79 Å². The molecule has 1 atom stereocenters. The summed E-state index contributed by atoms with van der Waals surface area (Å²) in [5.41, 5.74) is 6.23. The lowest BCUT2D eigenvalue weighted by atomic mass is 10.2. The largest absolute Gasteiger partial charge is 0.356 e. The van der Waals surface area contributed by atoms with Gasteiger partial charge in [-0.1, -0.05) is 0 Å². The number of nitrogens with two attached hydrogens (primary N) is 1. The van der Waals surface area contributed by atoms with Gasteiger partial charge >= 0.3 is 0 Å². The van der Waals surface area contributed by atoms with Gasteiger partial charge in [0.2, 0.25) is 0 Å². The lowest BCUT2D eigenvalue weighted by Crippen LogP contribution is -2.41. The van der Waals surface area contributed by atoms with E-state index in [1.807, 2.05) is 12.3 Å². The van der Waals surface area contributed by atoms with Crippen LogP contribution in [0.5, 0.6) is 0 Å². The monoisotopic (exact) mass is 355 g/mol. The van der Waals surface area contributed by atoms with Gasteiger partial charge in [-0.3, -0.25) is 4.79 Å². The van der Waals surface area contributed by atoms with Gasteiger partial charge in [-0.2, -0.15) is 0 Å². The first kappa shape index (κ1) is 13.8. The van der Waals surface area contributed by atoms with Crippen molar-refractivity contribution in [3.8, 4) is 0 Å². The van der Waals surface area contributed by atoms with Crippen molar-refractivity contribution in [1.29, 1.82) is 0 Å². The highest BCUT2D eigenvalue weighted by atomic mass is 127. The van der Waals surface area contributed by atoms with Crippen molar-refractivity contribution in [3.05, 3.63) is 21.5 Å². The number of rotatable bonds is 4. The van der Waals surface area contributed by atoms with Gasteiger partial charge in [-0.15, -0.1) is 12.4 Å². The van der Waals surface area contributed by atoms with E-state index in [1.54, 1.807) is 0 Å². The Morgan fingerprint density at radius 1 is 1.69 bits per heavy atom. The minimum atomic E-state index is -0.0553. The zero-order chi connectivity index (χ0) is 10.8. The van der Waals surface area contributed by atoms with Crippen molar-refractivity contribution in [2.75, 3.05) is 6.54 Å². The zero-order valence-electron chi connectivity index (χ0n) is 8.70. The number of hydrogen-bond donors (Lipinski definition) is 3. The third-order valence-electron chi connectivity index (χ3n) is 2.65. The molecule has 1 aliphatic rings. The van der Waals surface area contributed by atoms with Crippen molar-refractivity contribution < 1.29 is 4.79 Å². The molecule has 0 aromatic carbocycles. The summed E-state index contributed by atoms with van der Waals surface area (Å²) >= 11 is 2.17. The van der Waals surface area contributed by atoms with E-state index in [4.69, 9.17) is 5.73 Å². The van der Waals surface area contributed by atoms with E-state index < -0.39 is 0 Å². The van der Waals surface area contributed by atoms with Crippen LogP contribution in [0.1, 0.15) is 23.3 Å². The first-order valence-electron chi connectivity index (χ1n) is 5.05. The summed E-state index contributed by atoms with van der Waals surface area (Å²) in [6.45, 7) is 0.522. The summed E-state index contributed by atoms with van der Waals surface area (Å²) in [4.78, 5) is 14.7. The molecule has 0 saturated heterocycles. The second-order valence-electron chi connectivity index (χ2n) is 3.88. The SMILES string of the molecule is Cl.NCC(NC(=O)c1cc(I)c[nH]1)C1CC1. The van der Waals surface area contributed by atoms with Crippen molar-refractivity contribution >= 4 is 40.9 Å². The Hall–Kier alpha value is -0.270. The summed E-state index contributed by atoms with van der Waals surface area (Å²) in [6, 6.07) is 1.97. The molecule has 1 fully saturated rings. The van der Waals surface area contributed by atoms with Crippen LogP contribution in [0.4, 0.5) is 0 Å². The van der Waals surface area contributed by atoms with Crippen LogP contribution in [-0.4, -0.2) is 23.5 Å². The number of carbonyl (C=O) groups excluding carboxylic acids is 1. The molecule has 2 rings (SSSR count). The molecule has 1 unspecified atom stereocenters. The minimum absolute atomic E-state index is 0. The minimum Gasteiger partial charge on any atom is -0.356 e. The molecule has 0 spiro atoms. The molecule has 4 nitrogen and oxygen atoms in total. The van der Waals surface area contributed by atoms with Crippen LogP contribution in [-0.2, 0) is 0 Å². The zero-order valence-corrected chi connectivity index (χ0v) is 11.7. The maximum atomic E-state index is 11.8. The second kappa shape index (κ2) is 5.88. The van der Waals surface area contributed by atoms with Gasteiger partial charge in [0.15, 0.2) is 0 Å². The molecule has 0 radical (unpaired) electrons. The van der Waals surface area contributed by atoms with E-state index in [-0.39, 0.29) is 24.4 Å². The van der Waals surface area contributed by atoms with Crippen LogP contribution in [0.2, 0.25) is 0 Å². The Balaban J connectivity index is 0.00000128. The molecule has 1 saturated carbocycles. The lowest BCUT2D eigenvalue weighted by molar-refractivity contribution is 0.0929. The smallest absolute Gasteiger partial charge is 0.267 e. The van der Waals surface area contributed by atoms with E-state index in [0.717, 1.165) is 3.57 Å². The quantitative estimate of drug-likeness (QED) is 0.717. The third-order valence-corrected chi connectivity index (χ3v) is 3.28. The van der Waals surface area contributed by atoms with Crippen molar-refractivity contribution in [2.45, 2.75) is 18.9 Å². The van der Waals surface area contributed by atoms with Gasteiger partial charge in [0, 0.05) is 22.4 Å². The molecule has 0 bridgehead atoms. The van der Waals surface area contributed by atoms with Crippen molar-refractivity contribution in [3.63, 3.8) is 0 Å². The average molecular weight is 356 g/mol. The number of aromatic amines is 1. The normalized spacial score (nSPS) is 16.4. The molecule has 4 N–H and O–H groups in total. The van der Waals surface area contributed by atoms with Crippen LogP contribution in [0.3, 0.4) is 0 Å². The highest BCUT2D eigenvalue weighted by Gasteiger charge is 2.31.